The number of halogens is 1. The Hall–Kier alpha value is -5.10. The Labute approximate surface area is 232 Å². The molecule has 0 spiro atoms. The third kappa shape index (κ3) is 6.66. The van der Waals surface area contributed by atoms with Gasteiger partial charge in [0, 0.05) is 33.7 Å². The molecule has 0 saturated carbocycles. The second kappa shape index (κ2) is 12.2. The van der Waals surface area contributed by atoms with Gasteiger partial charge in [-0.2, -0.15) is 5.10 Å². The predicted octanol–water partition coefficient (Wildman–Crippen LogP) is 5.06. The minimum absolute atomic E-state index is 0.0117. The summed E-state index contributed by atoms with van der Waals surface area (Å²) in [7, 11) is 0. The number of carboxylic acid groups (broad SMARTS) is 1. The van der Waals surface area contributed by atoms with Crippen LogP contribution in [0.1, 0.15) is 33.3 Å². The zero-order chi connectivity index (χ0) is 28.8. The quantitative estimate of drug-likeness (QED) is 0.145. The molecule has 4 aromatic rings. The van der Waals surface area contributed by atoms with Gasteiger partial charge in [0.25, 0.3) is 0 Å². The number of rotatable bonds is 11. The fourth-order valence-electron chi connectivity index (χ4n) is 3.84. The number of nitro benzene ring substituents is 1. The van der Waals surface area contributed by atoms with E-state index >= 15 is 0 Å². The predicted molar refractivity (Wildman–Crippen MR) is 145 cm³/mol. The maximum atomic E-state index is 12.5. The van der Waals surface area contributed by atoms with Crippen LogP contribution < -0.4 is 14.9 Å². The van der Waals surface area contributed by atoms with Crippen molar-refractivity contribution in [3.05, 3.63) is 104 Å². The van der Waals surface area contributed by atoms with Crippen molar-refractivity contribution in [3.63, 3.8) is 0 Å². The molecular weight excluding hydrogens is 544 g/mol. The molecule has 0 radical (unpaired) electrons. The number of benzene rings is 2. The highest BCUT2D eigenvalue weighted by Crippen LogP contribution is 2.33. The fourth-order valence-corrected chi connectivity index (χ4v) is 4.06. The van der Waals surface area contributed by atoms with Crippen LogP contribution >= 0.6 is 11.6 Å². The normalized spacial score (nSPS) is 11.0. The minimum Gasteiger partial charge on any atom is -0.486 e. The number of carboxylic acids is 1. The van der Waals surface area contributed by atoms with Crippen LogP contribution in [0.4, 0.5) is 5.69 Å². The molecular formula is C27H23ClN4O8. The molecule has 0 saturated heterocycles. The van der Waals surface area contributed by atoms with E-state index in [9.17, 15) is 19.7 Å². The van der Waals surface area contributed by atoms with Gasteiger partial charge < -0.3 is 23.6 Å². The van der Waals surface area contributed by atoms with E-state index in [0.717, 1.165) is 29.4 Å². The van der Waals surface area contributed by atoms with Gasteiger partial charge in [-0.25, -0.2) is 10.2 Å². The van der Waals surface area contributed by atoms with E-state index in [1.54, 1.807) is 6.07 Å². The second-order valence-corrected chi connectivity index (χ2v) is 8.92. The molecule has 206 valence electrons. The molecule has 1 amide bonds. The Morgan fingerprint density at radius 2 is 1.80 bits per heavy atom. The van der Waals surface area contributed by atoms with Crippen LogP contribution in [0.3, 0.4) is 0 Å². The molecule has 0 aliphatic heterocycles. The van der Waals surface area contributed by atoms with Crippen molar-refractivity contribution in [2.24, 2.45) is 5.10 Å². The lowest BCUT2D eigenvalue weighted by atomic mass is 10.2. The highest BCUT2D eigenvalue weighted by atomic mass is 35.5. The molecule has 4 rings (SSSR count). The number of nitrogens with zero attached hydrogens (tertiary/aromatic N) is 3. The number of aryl methyl sites for hydroxylation is 2. The number of amides is 1. The standard InChI is InChI=1S/C27H23ClN4O8/c1-16-3-4-17(2)31(16)20-5-7-21(8-6-20)38-14-22-9-10-24(40-22)27(35)30-29-13-18-11-19(28)12-23(32(36)37)26(18)39-15-25(33)34/h3-13H,14-15H2,1-2H3,(H,30,35)(H,33,34)/b29-13+. The molecule has 13 heteroatoms. The van der Waals surface area contributed by atoms with Gasteiger partial charge in [0.05, 0.1) is 11.1 Å². The van der Waals surface area contributed by atoms with Crippen molar-refractivity contribution in [2.45, 2.75) is 20.5 Å². The summed E-state index contributed by atoms with van der Waals surface area (Å²) < 4.78 is 18.5. The van der Waals surface area contributed by atoms with E-state index < -0.39 is 29.1 Å². The Balaban J connectivity index is 1.37. The van der Waals surface area contributed by atoms with Crippen molar-refractivity contribution in [1.82, 2.24) is 9.99 Å². The van der Waals surface area contributed by atoms with E-state index in [-0.39, 0.29) is 28.7 Å². The highest BCUT2D eigenvalue weighted by Gasteiger charge is 2.21. The lowest BCUT2D eigenvalue weighted by Crippen LogP contribution is -2.17. The number of nitro groups is 1. The van der Waals surface area contributed by atoms with Crippen LogP contribution in [-0.2, 0) is 11.4 Å². The average molecular weight is 567 g/mol. The summed E-state index contributed by atoms with van der Waals surface area (Å²) in [4.78, 5) is 33.9. The SMILES string of the molecule is Cc1ccc(C)n1-c1ccc(OCc2ccc(C(=O)N/N=C/c3cc(Cl)cc([N+](=O)[O-])c3OCC(=O)O)o2)cc1. The number of hydrogen-bond acceptors (Lipinski definition) is 8. The van der Waals surface area contributed by atoms with Gasteiger partial charge in [-0.05, 0) is 68.4 Å². The number of aliphatic carboxylic acids is 1. The lowest BCUT2D eigenvalue weighted by Gasteiger charge is -2.10. The number of nitrogens with one attached hydrogen (secondary N) is 1. The fraction of sp³-hybridized carbons (Fsp3) is 0.148. The van der Waals surface area contributed by atoms with Crippen LogP contribution in [0.25, 0.3) is 5.69 Å². The Morgan fingerprint density at radius 1 is 1.10 bits per heavy atom. The smallest absolute Gasteiger partial charge is 0.341 e. The molecule has 2 aromatic carbocycles. The maximum Gasteiger partial charge on any atom is 0.341 e. The van der Waals surface area contributed by atoms with Crippen LogP contribution in [0.5, 0.6) is 11.5 Å². The van der Waals surface area contributed by atoms with E-state index in [2.05, 4.69) is 15.1 Å². The van der Waals surface area contributed by atoms with Gasteiger partial charge >= 0.3 is 17.6 Å². The van der Waals surface area contributed by atoms with Crippen molar-refractivity contribution in [2.75, 3.05) is 6.61 Å². The topological polar surface area (TPSA) is 158 Å². The average Bonchev–Trinajstić information content (AvgIpc) is 3.52. The molecule has 2 N–H and O–H groups in total. The van der Waals surface area contributed by atoms with Gasteiger partial charge in [0.1, 0.15) is 18.1 Å². The van der Waals surface area contributed by atoms with Crippen molar-refractivity contribution in [3.8, 4) is 17.2 Å². The van der Waals surface area contributed by atoms with Crippen molar-refractivity contribution < 1.29 is 33.5 Å². The van der Waals surface area contributed by atoms with Crippen molar-refractivity contribution in [1.29, 1.82) is 0 Å². The van der Waals surface area contributed by atoms with E-state index in [4.69, 9.17) is 30.6 Å². The van der Waals surface area contributed by atoms with Gasteiger partial charge in [-0.15, -0.1) is 0 Å². The first-order valence-electron chi connectivity index (χ1n) is 11.7. The van der Waals surface area contributed by atoms with Crippen LogP contribution in [0.2, 0.25) is 5.02 Å². The largest absolute Gasteiger partial charge is 0.486 e. The summed E-state index contributed by atoms with van der Waals surface area (Å²) in [6, 6.07) is 17.0. The number of furan rings is 1. The minimum atomic E-state index is -1.34. The molecule has 0 aliphatic rings. The van der Waals surface area contributed by atoms with Gasteiger partial charge in [-0.3, -0.25) is 14.9 Å². The van der Waals surface area contributed by atoms with Gasteiger partial charge in [0.15, 0.2) is 12.4 Å². The molecule has 0 atom stereocenters. The number of hydrogen-bond donors (Lipinski definition) is 2. The van der Waals surface area contributed by atoms with Crippen LogP contribution in [-0.4, -0.2) is 39.3 Å². The van der Waals surface area contributed by atoms with Crippen LogP contribution in [0.15, 0.2) is 70.2 Å². The first-order chi connectivity index (χ1) is 19.1. The Kier molecular flexibility index (Phi) is 8.50. The summed E-state index contributed by atoms with van der Waals surface area (Å²) in [6.45, 7) is 3.31. The van der Waals surface area contributed by atoms with E-state index in [1.807, 2.05) is 50.2 Å². The monoisotopic (exact) mass is 566 g/mol. The molecule has 0 bridgehead atoms. The van der Waals surface area contributed by atoms with E-state index in [1.165, 1.54) is 12.1 Å². The molecule has 0 fully saturated rings. The zero-order valence-electron chi connectivity index (χ0n) is 21.3. The third-order valence-electron chi connectivity index (χ3n) is 5.60. The Morgan fingerprint density at radius 3 is 2.45 bits per heavy atom. The molecule has 0 unspecified atom stereocenters. The number of ether oxygens (including phenoxy) is 2. The van der Waals surface area contributed by atoms with Gasteiger partial charge in [0.2, 0.25) is 5.75 Å². The molecule has 12 nitrogen and oxygen atoms in total. The lowest BCUT2D eigenvalue weighted by molar-refractivity contribution is -0.385. The second-order valence-electron chi connectivity index (χ2n) is 8.48. The number of carbonyl (C=O) groups is 2. The summed E-state index contributed by atoms with van der Waals surface area (Å²) >= 11 is 5.93. The number of hydrazone groups is 1. The Bertz CT molecular complexity index is 1570. The number of aromatic nitrogens is 1. The van der Waals surface area contributed by atoms with Gasteiger partial charge in [-0.1, -0.05) is 11.6 Å². The zero-order valence-corrected chi connectivity index (χ0v) is 22.0. The third-order valence-corrected chi connectivity index (χ3v) is 5.82. The van der Waals surface area contributed by atoms with Crippen LogP contribution in [0, 0.1) is 24.0 Å². The summed E-state index contributed by atoms with van der Waals surface area (Å²) in [5, 5.41) is 24.0. The molecule has 40 heavy (non-hydrogen) atoms. The van der Waals surface area contributed by atoms with E-state index in [0.29, 0.717) is 11.5 Å². The highest BCUT2D eigenvalue weighted by molar-refractivity contribution is 6.31. The first kappa shape index (κ1) is 27.9. The number of carbonyl (C=O) groups excluding carboxylic acids is 1. The van der Waals surface area contributed by atoms with Crippen molar-refractivity contribution >= 4 is 35.4 Å². The molecule has 2 aromatic heterocycles. The molecule has 0 aliphatic carbocycles. The summed E-state index contributed by atoms with van der Waals surface area (Å²) in [5.41, 5.74) is 4.92. The first-order valence-corrected chi connectivity index (χ1v) is 12.1. The maximum absolute atomic E-state index is 12.5. The molecule has 2 heterocycles. The summed E-state index contributed by atoms with van der Waals surface area (Å²) in [5.74, 6) is -1.44. The summed E-state index contributed by atoms with van der Waals surface area (Å²) in [6.07, 6.45) is 1.04.